The fraction of sp³-hybridized carbons (Fsp3) is 0.500. The standard InChI is InChI=1S/C12H16FN/c1-7-6-10(7)12(14)9-3-4-11(13)8(2)5-9/h3-5,7,10,12H,6,14H2,1-2H3. The molecule has 2 N–H and O–H groups in total. The number of nitrogens with two attached hydrogens (primary N) is 1. The van der Waals surface area contributed by atoms with Crippen LogP contribution in [0.15, 0.2) is 18.2 Å². The highest BCUT2D eigenvalue weighted by Gasteiger charge is 2.38. The summed E-state index contributed by atoms with van der Waals surface area (Å²) in [6.45, 7) is 3.99. The molecule has 1 saturated carbocycles. The van der Waals surface area contributed by atoms with Gasteiger partial charge in [0.15, 0.2) is 0 Å². The minimum absolute atomic E-state index is 0.0873. The summed E-state index contributed by atoms with van der Waals surface area (Å²) in [6, 6.07) is 5.27. The Morgan fingerprint density at radius 3 is 2.64 bits per heavy atom. The van der Waals surface area contributed by atoms with Crippen LogP contribution in [-0.2, 0) is 0 Å². The molecule has 14 heavy (non-hydrogen) atoms. The van der Waals surface area contributed by atoms with E-state index in [0.29, 0.717) is 11.5 Å². The maximum Gasteiger partial charge on any atom is 0.126 e. The highest BCUT2D eigenvalue weighted by Crippen LogP contribution is 2.45. The lowest BCUT2D eigenvalue weighted by Gasteiger charge is -2.12. The molecule has 0 radical (unpaired) electrons. The first-order chi connectivity index (χ1) is 6.59. The van der Waals surface area contributed by atoms with E-state index in [1.165, 1.54) is 12.5 Å². The van der Waals surface area contributed by atoms with Gasteiger partial charge in [0.25, 0.3) is 0 Å². The number of hydrogen-bond acceptors (Lipinski definition) is 1. The molecule has 1 fully saturated rings. The van der Waals surface area contributed by atoms with Gasteiger partial charge in [-0.2, -0.15) is 0 Å². The largest absolute Gasteiger partial charge is 0.324 e. The Kier molecular flexibility index (Phi) is 2.31. The molecule has 76 valence electrons. The molecule has 3 unspecified atom stereocenters. The van der Waals surface area contributed by atoms with Crippen LogP contribution >= 0.6 is 0 Å². The van der Waals surface area contributed by atoms with Crippen LogP contribution in [0.1, 0.15) is 30.5 Å². The van der Waals surface area contributed by atoms with Gasteiger partial charge in [-0.3, -0.25) is 0 Å². The van der Waals surface area contributed by atoms with Crippen LogP contribution in [-0.4, -0.2) is 0 Å². The van der Waals surface area contributed by atoms with E-state index in [9.17, 15) is 4.39 Å². The lowest BCUT2D eigenvalue weighted by molar-refractivity contribution is 0.584. The smallest absolute Gasteiger partial charge is 0.126 e. The van der Waals surface area contributed by atoms with E-state index in [4.69, 9.17) is 5.73 Å². The summed E-state index contributed by atoms with van der Waals surface area (Å²) >= 11 is 0. The molecule has 0 amide bonds. The Morgan fingerprint density at radius 1 is 1.50 bits per heavy atom. The summed E-state index contributed by atoms with van der Waals surface area (Å²) in [5, 5.41) is 0. The molecule has 1 aliphatic rings. The van der Waals surface area contributed by atoms with Crippen LogP contribution in [0, 0.1) is 24.6 Å². The topological polar surface area (TPSA) is 26.0 Å². The Labute approximate surface area is 84.1 Å². The second-order valence-corrected chi connectivity index (χ2v) is 4.41. The molecule has 0 spiro atoms. The molecule has 0 bridgehead atoms. The molecule has 1 aromatic rings. The lowest BCUT2D eigenvalue weighted by Crippen LogP contribution is -2.13. The van der Waals surface area contributed by atoms with Crippen LogP contribution in [0.5, 0.6) is 0 Å². The first-order valence-corrected chi connectivity index (χ1v) is 5.11. The minimum Gasteiger partial charge on any atom is -0.324 e. The van der Waals surface area contributed by atoms with Gasteiger partial charge in [-0.1, -0.05) is 19.1 Å². The number of hydrogen-bond donors (Lipinski definition) is 1. The molecule has 1 aliphatic carbocycles. The number of rotatable bonds is 2. The Hall–Kier alpha value is -0.890. The van der Waals surface area contributed by atoms with E-state index in [0.717, 1.165) is 11.5 Å². The van der Waals surface area contributed by atoms with Crippen molar-refractivity contribution in [3.8, 4) is 0 Å². The quantitative estimate of drug-likeness (QED) is 0.768. The van der Waals surface area contributed by atoms with Crippen LogP contribution in [0.3, 0.4) is 0 Å². The second-order valence-electron chi connectivity index (χ2n) is 4.41. The van der Waals surface area contributed by atoms with Crippen molar-refractivity contribution in [2.45, 2.75) is 26.3 Å². The van der Waals surface area contributed by atoms with Crippen molar-refractivity contribution in [2.24, 2.45) is 17.6 Å². The zero-order valence-corrected chi connectivity index (χ0v) is 8.63. The maximum absolute atomic E-state index is 13.0. The van der Waals surface area contributed by atoms with Crippen molar-refractivity contribution in [1.29, 1.82) is 0 Å². The number of benzene rings is 1. The summed E-state index contributed by atoms with van der Waals surface area (Å²) in [6.07, 6.45) is 1.21. The fourth-order valence-electron chi connectivity index (χ4n) is 1.97. The molecule has 2 rings (SSSR count). The van der Waals surface area contributed by atoms with Gasteiger partial charge in [-0.15, -0.1) is 0 Å². The van der Waals surface area contributed by atoms with Gasteiger partial charge in [0.2, 0.25) is 0 Å². The van der Waals surface area contributed by atoms with Crippen molar-refractivity contribution in [3.05, 3.63) is 35.1 Å². The summed E-state index contributed by atoms with van der Waals surface area (Å²) in [4.78, 5) is 0. The zero-order chi connectivity index (χ0) is 10.3. The summed E-state index contributed by atoms with van der Waals surface area (Å²) in [7, 11) is 0. The van der Waals surface area contributed by atoms with E-state index in [1.54, 1.807) is 13.0 Å². The van der Waals surface area contributed by atoms with Crippen LogP contribution < -0.4 is 5.73 Å². The predicted molar refractivity (Wildman–Crippen MR) is 55.3 cm³/mol. The monoisotopic (exact) mass is 193 g/mol. The molecule has 2 heteroatoms. The van der Waals surface area contributed by atoms with Gasteiger partial charge in [-0.05, 0) is 42.4 Å². The van der Waals surface area contributed by atoms with Gasteiger partial charge >= 0.3 is 0 Å². The van der Waals surface area contributed by atoms with E-state index in [1.807, 2.05) is 6.07 Å². The fourth-order valence-corrected chi connectivity index (χ4v) is 1.97. The third-order valence-corrected chi connectivity index (χ3v) is 3.20. The molecule has 1 aromatic carbocycles. The van der Waals surface area contributed by atoms with Gasteiger partial charge in [0.1, 0.15) is 5.82 Å². The first-order valence-electron chi connectivity index (χ1n) is 5.11. The number of halogens is 1. The van der Waals surface area contributed by atoms with Gasteiger partial charge < -0.3 is 5.73 Å². The Morgan fingerprint density at radius 2 is 2.14 bits per heavy atom. The van der Waals surface area contributed by atoms with E-state index >= 15 is 0 Å². The summed E-state index contributed by atoms with van der Waals surface area (Å²) in [5.74, 6) is 1.18. The summed E-state index contributed by atoms with van der Waals surface area (Å²) < 4.78 is 13.0. The highest BCUT2D eigenvalue weighted by molar-refractivity contribution is 5.27. The average Bonchev–Trinajstić information content (AvgIpc) is 2.86. The molecule has 1 nitrogen and oxygen atoms in total. The lowest BCUT2D eigenvalue weighted by atomic mass is 10.0. The van der Waals surface area contributed by atoms with Crippen LogP contribution in [0.4, 0.5) is 4.39 Å². The predicted octanol–water partition coefficient (Wildman–Crippen LogP) is 2.79. The Bertz CT molecular complexity index is 348. The van der Waals surface area contributed by atoms with Crippen molar-refractivity contribution in [1.82, 2.24) is 0 Å². The van der Waals surface area contributed by atoms with Crippen molar-refractivity contribution >= 4 is 0 Å². The van der Waals surface area contributed by atoms with Gasteiger partial charge in [0, 0.05) is 6.04 Å². The van der Waals surface area contributed by atoms with E-state index < -0.39 is 0 Å². The molecule has 3 atom stereocenters. The third-order valence-electron chi connectivity index (χ3n) is 3.20. The molecule has 0 heterocycles. The third kappa shape index (κ3) is 1.67. The minimum atomic E-state index is -0.148. The molecule has 0 aromatic heterocycles. The summed E-state index contributed by atoms with van der Waals surface area (Å²) in [5.41, 5.74) is 7.84. The first kappa shape index (κ1) is 9.66. The van der Waals surface area contributed by atoms with Crippen molar-refractivity contribution < 1.29 is 4.39 Å². The highest BCUT2D eigenvalue weighted by atomic mass is 19.1. The SMILES string of the molecule is Cc1cc(C(N)C2CC2C)ccc1F. The van der Waals surface area contributed by atoms with Gasteiger partial charge in [-0.25, -0.2) is 4.39 Å². The number of aryl methyl sites for hydroxylation is 1. The second kappa shape index (κ2) is 3.35. The van der Waals surface area contributed by atoms with E-state index in [-0.39, 0.29) is 11.9 Å². The van der Waals surface area contributed by atoms with Gasteiger partial charge in [0.05, 0.1) is 0 Å². The molecule has 0 aliphatic heterocycles. The Balaban J connectivity index is 2.20. The molecular formula is C12H16FN. The average molecular weight is 193 g/mol. The van der Waals surface area contributed by atoms with E-state index in [2.05, 4.69) is 6.92 Å². The zero-order valence-electron chi connectivity index (χ0n) is 8.63. The molecule has 0 saturated heterocycles. The normalized spacial score (nSPS) is 27.4. The van der Waals surface area contributed by atoms with Crippen LogP contribution in [0.25, 0.3) is 0 Å². The van der Waals surface area contributed by atoms with Crippen molar-refractivity contribution in [2.75, 3.05) is 0 Å². The maximum atomic E-state index is 13.0. The molecular weight excluding hydrogens is 177 g/mol. The van der Waals surface area contributed by atoms with Crippen LogP contribution in [0.2, 0.25) is 0 Å². The van der Waals surface area contributed by atoms with Crippen molar-refractivity contribution in [3.63, 3.8) is 0 Å².